The van der Waals surface area contributed by atoms with E-state index < -0.39 is 18.1 Å². The largest absolute Gasteiger partial charge is 0.415 e. The van der Waals surface area contributed by atoms with Gasteiger partial charge in [0.05, 0.1) is 0 Å². The molecule has 15 heavy (non-hydrogen) atoms. The lowest BCUT2D eigenvalue weighted by Gasteiger charge is -2.23. The van der Waals surface area contributed by atoms with Crippen LogP contribution in [-0.2, 0) is 9.53 Å². The fourth-order valence-corrected chi connectivity index (χ4v) is 2.08. The lowest BCUT2D eigenvalue weighted by molar-refractivity contribution is -0.135. The van der Waals surface area contributed by atoms with Crippen molar-refractivity contribution in [1.82, 2.24) is 5.32 Å². The molecule has 0 aliphatic carbocycles. The topological polar surface area (TPSA) is 55.4 Å². The van der Waals surface area contributed by atoms with Gasteiger partial charge < -0.3 is 10.1 Å². The number of rotatable bonds is 3. The third-order valence-corrected chi connectivity index (χ3v) is 2.37. The van der Waals surface area contributed by atoms with Crippen LogP contribution in [-0.4, -0.2) is 18.1 Å². The van der Waals surface area contributed by atoms with Crippen molar-refractivity contribution in [3.05, 3.63) is 0 Å². The standard InChI is InChI=1S/C11H19NO3/c1-7(6-11(2,3)4)5-8-9(13)15-10(14)12-8/h7-8H,5-6H2,1-4H3,(H,12,14). The molecule has 2 atom stereocenters. The predicted octanol–water partition coefficient (Wildman–Crippen LogP) is 2.08. The van der Waals surface area contributed by atoms with Gasteiger partial charge in [-0.1, -0.05) is 27.7 Å². The van der Waals surface area contributed by atoms with Crippen molar-refractivity contribution in [2.45, 2.75) is 46.6 Å². The number of esters is 1. The van der Waals surface area contributed by atoms with Crippen LogP contribution in [0.15, 0.2) is 0 Å². The van der Waals surface area contributed by atoms with Crippen molar-refractivity contribution in [3.8, 4) is 0 Å². The van der Waals surface area contributed by atoms with E-state index in [4.69, 9.17) is 0 Å². The summed E-state index contributed by atoms with van der Waals surface area (Å²) in [6.45, 7) is 8.57. The Morgan fingerprint density at radius 3 is 2.40 bits per heavy atom. The molecule has 0 radical (unpaired) electrons. The zero-order valence-electron chi connectivity index (χ0n) is 9.79. The highest BCUT2D eigenvalue weighted by Gasteiger charge is 2.33. The van der Waals surface area contributed by atoms with Crippen LogP contribution in [0.3, 0.4) is 0 Å². The number of carbonyl (C=O) groups excluding carboxylic acids is 2. The molecule has 0 aromatic heterocycles. The summed E-state index contributed by atoms with van der Waals surface area (Å²) in [5.74, 6) is -0.0540. The monoisotopic (exact) mass is 213 g/mol. The Hall–Kier alpha value is -1.06. The molecule has 1 aliphatic rings. The Labute approximate surface area is 90.4 Å². The number of hydrogen-bond acceptors (Lipinski definition) is 3. The lowest BCUT2D eigenvalue weighted by atomic mass is 9.83. The maximum absolute atomic E-state index is 11.2. The summed E-state index contributed by atoms with van der Waals surface area (Å²) < 4.78 is 4.42. The average molecular weight is 213 g/mol. The second kappa shape index (κ2) is 4.21. The number of cyclic esters (lactones) is 2. The minimum Gasteiger partial charge on any atom is -0.375 e. The quantitative estimate of drug-likeness (QED) is 0.577. The smallest absolute Gasteiger partial charge is 0.375 e. The van der Waals surface area contributed by atoms with Crippen molar-refractivity contribution < 1.29 is 14.3 Å². The zero-order valence-corrected chi connectivity index (χ0v) is 9.79. The number of nitrogens with one attached hydrogen (secondary N) is 1. The van der Waals surface area contributed by atoms with Crippen LogP contribution in [0.2, 0.25) is 0 Å². The van der Waals surface area contributed by atoms with Crippen molar-refractivity contribution in [1.29, 1.82) is 0 Å². The van der Waals surface area contributed by atoms with Gasteiger partial charge in [-0.25, -0.2) is 9.59 Å². The van der Waals surface area contributed by atoms with Gasteiger partial charge in [0.15, 0.2) is 0 Å². The van der Waals surface area contributed by atoms with Crippen molar-refractivity contribution >= 4 is 12.1 Å². The minimum absolute atomic E-state index is 0.242. The van der Waals surface area contributed by atoms with Crippen LogP contribution >= 0.6 is 0 Å². The molecule has 1 N–H and O–H groups in total. The molecule has 1 aliphatic heterocycles. The predicted molar refractivity (Wildman–Crippen MR) is 56.3 cm³/mol. The molecule has 0 aromatic carbocycles. The van der Waals surface area contributed by atoms with E-state index in [0.29, 0.717) is 12.3 Å². The first kappa shape index (κ1) is 12.0. The number of alkyl carbamates (subject to hydrolysis) is 1. The molecular formula is C11H19NO3. The van der Waals surface area contributed by atoms with Crippen LogP contribution < -0.4 is 5.32 Å². The maximum atomic E-state index is 11.2. The Balaban J connectivity index is 2.42. The van der Waals surface area contributed by atoms with Gasteiger partial charge in [-0.2, -0.15) is 0 Å². The number of hydrogen-bond donors (Lipinski definition) is 1. The van der Waals surface area contributed by atoms with Crippen molar-refractivity contribution in [3.63, 3.8) is 0 Å². The van der Waals surface area contributed by atoms with E-state index in [-0.39, 0.29) is 5.41 Å². The van der Waals surface area contributed by atoms with Crippen LogP contribution in [0.5, 0.6) is 0 Å². The molecule has 1 fully saturated rings. The Bertz CT molecular complexity index is 267. The van der Waals surface area contributed by atoms with E-state index in [1.807, 2.05) is 0 Å². The second-order valence-corrected chi connectivity index (χ2v) is 5.51. The Morgan fingerprint density at radius 1 is 1.40 bits per heavy atom. The number of carbonyl (C=O) groups is 2. The highest BCUT2D eigenvalue weighted by atomic mass is 16.6. The fraction of sp³-hybridized carbons (Fsp3) is 0.818. The summed E-state index contributed by atoms with van der Waals surface area (Å²) in [6.07, 6.45) is 1.06. The average Bonchev–Trinajstić information content (AvgIpc) is 2.25. The van der Waals surface area contributed by atoms with Crippen molar-refractivity contribution in [2.24, 2.45) is 11.3 Å². The summed E-state index contributed by atoms with van der Waals surface area (Å²) in [6, 6.07) is -0.449. The summed E-state index contributed by atoms with van der Waals surface area (Å²) in [5, 5.41) is 2.51. The molecule has 2 unspecified atom stereocenters. The summed E-state index contributed by atoms with van der Waals surface area (Å²) in [5.41, 5.74) is 0.242. The van der Waals surface area contributed by atoms with E-state index in [0.717, 1.165) is 6.42 Å². The van der Waals surface area contributed by atoms with E-state index in [9.17, 15) is 9.59 Å². The molecule has 4 nitrogen and oxygen atoms in total. The van der Waals surface area contributed by atoms with Gasteiger partial charge in [0, 0.05) is 0 Å². The van der Waals surface area contributed by atoms with Gasteiger partial charge >= 0.3 is 12.1 Å². The highest BCUT2D eigenvalue weighted by molar-refractivity contribution is 5.95. The molecule has 86 valence electrons. The molecule has 1 saturated heterocycles. The molecule has 1 rings (SSSR count). The molecular weight excluding hydrogens is 194 g/mol. The van der Waals surface area contributed by atoms with Crippen molar-refractivity contribution in [2.75, 3.05) is 0 Å². The van der Waals surface area contributed by atoms with Crippen LogP contribution in [0.4, 0.5) is 4.79 Å². The highest BCUT2D eigenvalue weighted by Crippen LogP contribution is 2.27. The SMILES string of the molecule is CC(CC1NC(=O)OC1=O)CC(C)(C)C. The molecule has 1 heterocycles. The zero-order chi connectivity index (χ0) is 11.6. The molecule has 0 aromatic rings. The first-order chi connectivity index (χ1) is 6.78. The van der Waals surface area contributed by atoms with Gasteiger partial charge in [-0.05, 0) is 24.2 Å². The normalized spacial score (nSPS) is 23.6. The van der Waals surface area contributed by atoms with Gasteiger partial charge in [0.25, 0.3) is 0 Å². The van der Waals surface area contributed by atoms with Gasteiger partial charge in [0.1, 0.15) is 6.04 Å². The lowest BCUT2D eigenvalue weighted by Crippen LogP contribution is -2.31. The van der Waals surface area contributed by atoms with Gasteiger partial charge in [0.2, 0.25) is 0 Å². The fourth-order valence-electron chi connectivity index (χ4n) is 2.08. The third kappa shape index (κ3) is 3.90. The molecule has 0 spiro atoms. The summed E-state index contributed by atoms with van der Waals surface area (Å²) in [7, 11) is 0. The second-order valence-electron chi connectivity index (χ2n) is 5.51. The Morgan fingerprint density at radius 2 is 2.00 bits per heavy atom. The van der Waals surface area contributed by atoms with E-state index in [1.54, 1.807) is 0 Å². The van der Waals surface area contributed by atoms with E-state index in [1.165, 1.54) is 0 Å². The van der Waals surface area contributed by atoms with Crippen LogP contribution in [0, 0.1) is 11.3 Å². The van der Waals surface area contributed by atoms with Crippen LogP contribution in [0.1, 0.15) is 40.5 Å². The first-order valence-corrected chi connectivity index (χ1v) is 5.30. The van der Waals surface area contributed by atoms with Crippen LogP contribution in [0.25, 0.3) is 0 Å². The molecule has 1 amide bonds. The van der Waals surface area contributed by atoms with E-state index in [2.05, 4.69) is 37.7 Å². The number of amides is 1. The summed E-state index contributed by atoms with van der Waals surface area (Å²) in [4.78, 5) is 22.0. The molecule has 4 heteroatoms. The third-order valence-electron chi connectivity index (χ3n) is 2.37. The summed E-state index contributed by atoms with van der Waals surface area (Å²) >= 11 is 0. The van der Waals surface area contributed by atoms with Gasteiger partial charge in [-0.3, -0.25) is 0 Å². The van der Waals surface area contributed by atoms with Gasteiger partial charge in [-0.15, -0.1) is 0 Å². The van der Waals surface area contributed by atoms with E-state index >= 15 is 0 Å². The number of ether oxygens (including phenoxy) is 1. The molecule has 0 saturated carbocycles. The first-order valence-electron chi connectivity index (χ1n) is 5.30. The minimum atomic E-state index is -0.618. The molecule has 0 bridgehead atoms. The Kier molecular flexibility index (Phi) is 3.37. The maximum Gasteiger partial charge on any atom is 0.415 e.